The van der Waals surface area contributed by atoms with Gasteiger partial charge in [-0.2, -0.15) is 11.8 Å². The average molecular weight is 250 g/mol. The molecule has 3 N–H and O–H groups in total. The van der Waals surface area contributed by atoms with E-state index in [9.17, 15) is 4.79 Å². The molecule has 2 rings (SSSR count). The SMILES string of the molecule is Nc1cccc(CC(=O)NCC2CCCS2)c1. The molecule has 1 saturated heterocycles. The molecular weight excluding hydrogens is 232 g/mol. The number of nitrogens with two attached hydrogens (primary N) is 1. The first-order valence-corrected chi connectivity index (χ1v) is 7.01. The van der Waals surface area contributed by atoms with E-state index < -0.39 is 0 Å². The van der Waals surface area contributed by atoms with Gasteiger partial charge < -0.3 is 11.1 Å². The molecule has 17 heavy (non-hydrogen) atoms. The number of amides is 1. The quantitative estimate of drug-likeness (QED) is 0.802. The topological polar surface area (TPSA) is 55.1 Å². The summed E-state index contributed by atoms with van der Waals surface area (Å²) in [4.78, 5) is 11.7. The molecule has 0 aromatic heterocycles. The molecule has 1 aromatic rings. The van der Waals surface area contributed by atoms with Gasteiger partial charge in [-0.15, -0.1) is 0 Å². The fourth-order valence-electron chi connectivity index (χ4n) is 1.98. The number of nitrogens with one attached hydrogen (secondary N) is 1. The molecule has 0 radical (unpaired) electrons. The van der Waals surface area contributed by atoms with Crippen LogP contribution < -0.4 is 11.1 Å². The van der Waals surface area contributed by atoms with Crippen molar-refractivity contribution in [2.75, 3.05) is 18.0 Å². The van der Waals surface area contributed by atoms with Crippen LogP contribution >= 0.6 is 11.8 Å². The average Bonchev–Trinajstić information content (AvgIpc) is 2.79. The van der Waals surface area contributed by atoms with Gasteiger partial charge in [0.2, 0.25) is 5.91 Å². The number of carbonyl (C=O) groups is 1. The van der Waals surface area contributed by atoms with Gasteiger partial charge in [-0.1, -0.05) is 12.1 Å². The van der Waals surface area contributed by atoms with Crippen LogP contribution in [0, 0.1) is 0 Å². The molecule has 0 saturated carbocycles. The number of hydrogen-bond donors (Lipinski definition) is 2. The molecule has 92 valence electrons. The molecule has 1 amide bonds. The van der Waals surface area contributed by atoms with E-state index in [0.29, 0.717) is 17.4 Å². The number of rotatable bonds is 4. The normalized spacial score (nSPS) is 19.2. The molecule has 1 unspecified atom stereocenters. The fourth-order valence-corrected chi connectivity index (χ4v) is 3.19. The Labute approximate surface area is 106 Å². The Bertz CT molecular complexity index is 389. The van der Waals surface area contributed by atoms with E-state index in [4.69, 9.17) is 5.73 Å². The second-order valence-electron chi connectivity index (χ2n) is 4.36. The van der Waals surface area contributed by atoms with E-state index in [1.54, 1.807) is 0 Å². The standard InChI is InChI=1S/C13H18N2OS/c14-11-4-1-3-10(7-11)8-13(16)15-9-12-5-2-6-17-12/h1,3-4,7,12H,2,5-6,8-9,14H2,(H,15,16). The van der Waals surface area contributed by atoms with Gasteiger partial charge >= 0.3 is 0 Å². The molecular formula is C13H18N2OS. The van der Waals surface area contributed by atoms with Crippen LogP contribution in [0.2, 0.25) is 0 Å². The maximum Gasteiger partial charge on any atom is 0.224 e. The van der Waals surface area contributed by atoms with Crippen LogP contribution in [0.5, 0.6) is 0 Å². The van der Waals surface area contributed by atoms with Crippen molar-refractivity contribution in [3.05, 3.63) is 29.8 Å². The van der Waals surface area contributed by atoms with E-state index in [1.165, 1.54) is 18.6 Å². The third-order valence-corrected chi connectivity index (χ3v) is 4.26. The number of carbonyl (C=O) groups excluding carboxylic acids is 1. The summed E-state index contributed by atoms with van der Waals surface area (Å²) in [5.41, 5.74) is 7.36. The molecule has 1 aromatic carbocycles. The van der Waals surface area contributed by atoms with Gasteiger partial charge in [0, 0.05) is 17.5 Å². The summed E-state index contributed by atoms with van der Waals surface area (Å²) in [5, 5.41) is 3.60. The Morgan fingerprint density at radius 1 is 1.53 bits per heavy atom. The van der Waals surface area contributed by atoms with E-state index >= 15 is 0 Å². The Balaban J connectivity index is 1.76. The van der Waals surface area contributed by atoms with Gasteiger partial charge in [-0.3, -0.25) is 4.79 Å². The zero-order chi connectivity index (χ0) is 12.1. The summed E-state index contributed by atoms with van der Waals surface area (Å²) in [6, 6.07) is 7.49. The van der Waals surface area contributed by atoms with E-state index in [-0.39, 0.29) is 5.91 Å². The third-order valence-electron chi connectivity index (χ3n) is 2.87. The Kier molecular flexibility index (Phi) is 4.31. The number of anilines is 1. The van der Waals surface area contributed by atoms with Crippen molar-refractivity contribution in [3.63, 3.8) is 0 Å². The van der Waals surface area contributed by atoms with Crippen LogP contribution in [-0.2, 0) is 11.2 Å². The highest BCUT2D eigenvalue weighted by molar-refractivity contribution is 8.00. The molecule has 0 spiro atoms. The van der Waals surface area contributed by atoms with Gasteiger partial charge in [0.1, 0.15) is 0 Å². The molecule has 1 heterocycles. The van der Waals surface area contributed by atoms with E-state index in [1.807, 2.05) is 36.0 Å². The van der Waals surface area contributed by atoms with Gasteiger partial charge in [0.05, 0.1) is 6.42 Å². The predicted molar refractivity (Wildman–Crippen MR) is 73.0 cm³/mol. The molecule has 1 fully saturated rings. The van der Waals surface area contributed by atoms with E-state index in [2.05, 4.69) is 5.32 Å². The molecule has 1 atom stereocenters. The zero-order valence-corrected chi connectivity index (χ0v) is 10.6. The minimum absolute atomic E-state index is 0.0862. The van der Waals surface area contributed by atoms with Crippen molar-refractivity contribution in [1.82, 2.24) is 5.32 Å². The van der Waals surface area contributed by atoms with Crippen LogP contribution in [-0.4, -0.2) is 23.5 Å². The van der Waals surface area contributed by atoms with Gasteiger partial charge in [-0.25, -0.2) is 0 Å². The first-order chi connectivity index (χ1) is 8.24. The predicted octanol–water partition coefficient (Wildman–Crippen LogP) is 1.82. The van der Waals surface area contributed by atoms with Gasteiger partial charge in [0.15, 0.2) is 0 Å². The lowest BCUT2D eigenvalue weighted by molar-refractivity contribution is -0.120. The first kappa shape index (κ1) is 12.3. The summed E-state index contributed by atoms with van der Waals surface area (Å²) in [7, 11) is 0. The molecule has 0 aliphatic carbocycles. The molecule has 4 heteroatoms. The first-order valence-electron chi connectivity index (χ1n) is 5.97. The lowest BCUT2D eigenvalue weighted by Crippen LogP contribution is -2.30. The number of benzene rings is 1. The summed E-state index contributed by atoms with van der Waals surface area (Å²) in [5.74, 6) is 1.32. The van der Waals surface area contributed by atoms with Crippen molar-refractivity contribution < 1.29 is 4.79 Å². The molecule has 1 aliphatic rings. The van der Waals surface area contributed by atoms with Crippen LogP contribution in [0.25, 0.3) is 0 Å². The van der Waals surface area contributed by atoms with Crippen LogP contribution in [0.1, 0.15) is 18.4 Å². The molecule has 3 nitrogen and oxygen atoms in total. The summed E-state index contributed by atoms with van der Waals surface area (Å²) < 4.78 is 0. The largest absolute Gasteiger partial charge is 0.399 e. The maximum atomic E-state index is 11.7. The Hall–Kier alpha value is -1.16. The number of hydrogen-bond acceptors (Lipinski definition) is 3. The minimum Gasteiger partial charge on any atom is -0.399 e. The van der Waals surface area contributed by atoms with Crippen LogP contribution in [0.3, 0.4) is 0 Å². The highest BCUT2D eigenvalue weighted by Crippen LogP contribution is 2.25. The van der Waals surface area contributed by atoms with Gasteiger partial charge in [-0.05, 0) is 36.3 Å². The zero-order valence-electron chi connectivity index (χ0n) is 9.82. The molecule has 0 bridgehead atoms. The van der Waals surface area contributed by atoms with Crippen molar-refractivity contribution in [2.45, 2.75) is 24.5 Å². The summed E-state index contributed by atoms with van der Waals surface area (Å²) in [6.45, 7) is 0.797. The number of nitrogen functional groups attached to an aromatic ring is 1. The van der Waals surface area contributed by atoms with Crippen molar-refractivity contribution >= 4 is 23.4 Å². The third kappa shape index (κ3) is 3.97. The van der Waals surface area contributed by atoms with Crippen LogP contribution in [0.15, 0.2) is 24.3 Å². The smallest absolute Gasteiger partial charge is 0.224 e. The highest BCUT2D eigenvalue weighted by atomic mass is 32.2. The van der Waals surface area contributed by atoms with Crippen molar-refractivity contribution in [3.8, 4) is 0 Å². The van der Waals surface area contributed by atoms with Crippen LogP contribution in [0.4, 0.5) is 5.69 Å². The molecule has 1 aliphatic heterocycles. The monoisotopic (exact) mass is 250 g/mol. The van der Waals surface area contributed by atoms with Gasteiger partial charge in [0.25, 0.3) is 0 Å². The lowest BCUT2D eigenvalue weighted by Gasteiger charge is -2.10. The maximum absolute atomic E-state index is 11.7. The number of thioether (sulfide) groups is 1. The van der Waals surface area contributed by atoms with E-state index in [0.717, 1.165) is 12.1 Å². The van der Waals surface area contributed by atoms with Crippen molar-refractivity contribution in [1.29, 1.82) is 0 Å². The highest BCUT2D eigenvalue weighted by Gasteiger charge is 2.16. The lowest BCUT2D eigenvalue weighted by atomic mass is 10.1. The Morgan fingerprint density at radius 3 is 3.12 bits per heavy atom. The fraction of sp³-hybridized carbons (Fsp3) is 0.462. The second-order valence-corrected chi connectivity index (χ2v) is 5.77. The minimum atomic E-state index is 0.0862. The summed E-state index contributed by atoms with van der Waals surface area (Å²) in [6.07, 6.45) is 2.92. The Morgan fingerprint density at radius 2 is 2.41 bits per heavy atom. The summed E-state index contributed by atoms with van der Waals surface area (Å²) >= 11 is 1.96. The van der Waals surface area contributed by atoms with Crippen molar-refractivity contribution in [2.24, 2.45) is 0 Å². The second kappa shape index (κ2) is 5.96.